The van der Waals surface area contributed by atoms with Crippen LogP contribution < -0.4 is 10.6 Å². The predicted molar refractivity (Wildman–Crippen MR) is 107 cm³/mol. The van der Waals surface area contributed by atoms with E-state index in [9.17, 15) is 9.90 Å². The van der Waals surface area contributed by atoms with E-state index in [0.29, 0.717) is 30.8 Å². The van der Waals surface area contributed by atoms with Crippen molar-refractivity contribution in [1.82, 2.24) is 10.6 Å². The summed E-state index contributed by atoms with van der Waals surface area (Å²) >= 11 is 6.00. The topological polar surface area (TPSA) is 61.4 Å². The van der Waals surface area contributed by atoms with E-state index in [0.717, 1.165) is 17.7 Å². The van der Waals surface area contributed by atoms with Crippen LogP contribution in [0, 0.1) is 0 Å². The minimum Gasteiger partial charge on any atom is -0.389 e. The zero-order valence-corrected chi connectivity index (χ0v) is 16.0. The number of β-amino-alcohol motifs (C(OH)–C–C–N with tert-alkyl or cyclic N) is 1. The Labute approximate surface area is 165 Å². The maximum atomic E-state index is 12.6. The summed E-state index contributed by atoms with van der Waals surface area (Å²) in [6.45, 7) is 1.21. The van der Waals surface area contributed by atoms with Crippen LogP contribution in [0.25, 0.3) is 0 Å². The van der Waals surface area contributed by atoms with Crippen molar-refractivity contribution in [3.05, 3.63) is 70.7 Å². The maximum Gasteiger partial charge on any atom is 0.221 e. The van der Waals surface area contributed by atoms with E-state index in [1.807, 2.05) is 54.6 Å². The van der Waals surface area contributed by atoms with Gasteiger partial charge in [-0.15, -0.1) is 12.4 Å². The molecule has 2 atom stereocenters. The fourth-order valence-electron chi connectivity index (χ4n) is 3.42. The number of hydrogen-bond acceptors (Lipinski definition) is 3. The number of aliphatic hydroxyl groups excluding tert-OH is 1. The van der Waals surface area contributed by atoms with Gasteiger partial charge in [-0.3, -0.25) is 4.79 Å². The summed E-state index contributed by atoms with van der Waals surface area (Å²) in [7, 11) is 0. The van der Waals surface area contributed by atoms with Crippen LogP contribution in [0.2, 0.25) is 5.02 Å². The molecule has 1 fully saturated rings. The van der Waals surface area contributed by atoms with Crippen molar-refractivity contribution in [3.8, 4) is 0 Å². The van der Waals surface area contributed by atoms with Gasteiger partial charge >= 0.3 is 0 Å². The third-order valence-electron chi connectivity index (χ3n) is 4.78. The largest absolute Gasteiger partial charge is 0.389 e. The van der Waals surface area contributed by atoms with E-state index in [1.165, 1.54) is 0 Å². The first-order valence-electron chi connectivity index (χ1n) is 8.60. The Morgan fingerprint density at radius 2 is 2.00 bits per heavy atom. The first-order valence-corrected chi connectivity index (χ1v) is 8.98. The van der Waals surface area contributed by atoms with Crippen LogP contribution in [0.5, 0.6) is 0 Å². The third-order valence-corrected chi connectivity index (χ3v) is 5.02. The number of piperidine rings is 1. The zero-order chi connectivity index (χ0) is 17.7. The van der Waals surface area contributed by atoms with Crippen LogP contribution in [-0.4, -0.2) is 30.2 Å². The molecule has 1 saturated heterocycles. The lowest BCUT2D eigenvalue weighted by atomic mass is 9.79. The van der Waals surface area contributed by atoms with E-state index in [2.05, 4.69) is 10.6 Å². The number of carbonyl (C=O) groups excluding carboxylic acids is 1. The molecular formula is C20H24Cl2N2O2. The maximum absolute atomic E-state index is 12.6. The molecule has 0 saturated carbocycles. The number of aliphatic hydroxyl groups is 1. The van der Waals surface area contributed by atoms with Crippen molar-refractivity contribution in [1.29, 1.82) is 0 Å². The summed E-state index contributed by atoms with van der Waals surface area (Å²) in [5, 5.41) is 17.6. The molecule has 26 heavy (non-hydrogen) atoms. The third kappa shape index (κ3) is 4.77. The highest BCUT2D eigenvalue weighted by Gasteiger charge is 2.42. The fourth-order valence-corrected chi connectivity index (χ4v) is 3.63. The molecule has 1 heterocycles. The molecule has 0 aromatic heterocycles. The smallest absolute Gasteiger partial charge is 0.221 e. The van der Waals surface area contributed by atoms with Gasteiger partial charge in [-0.05, 0) is 42.6 Å². The summed E-state index contributed by atoms with van der Waals surface area (Å²) in [5.74, 6) is -0.0650. The summed E-state index contributed by atoms with van der Waals surface area (Å²) in [5.41, 5.74) is 1.24. The Kier molecular flexibility index (Phi) is 7.47. The lowest BCUT2D eigenvalue weighted by molar-refractivity contribution is -0.125. The molecule has 0 spiro atoms. The van der Waals surface area contributed by atoms with Gasteiger partial charge < -0.3 is 15.7 Å². The van der Waals surface area contributed by atoms with Crippen molar-refractivity contribution in [2.24, 2.45) is 0 Å². The number of carbonyl (C=O) groups is 1. The number of halogens is 2. The van der Waals surface area contributed by atoms with Gasteiger partial charge in [0.1, 0.15) is 0 Å². The Balaban J connectivity index is 0.00000243. The monoisotopic (exact) mass is 394 g/mol. The minimum absolute atomic E-state index is 0. The highest BCUT2D eigenvalue weighted by atomic mass is 35.5. The molecule has 4 nitrogen and oxygen atoms in total. The highest BCUT2D eigenvalue weighted by Crippen LogP contribution is 2.31. The summed E-state index contributed by atoms with van der Waals surface area (Å²) < 4.78 is 0. The molecule has 0 radical (unpaired) electrons. The Hall–Kier alpha value is -1.59. The van der Waals surface area contributed by atoms with Gasteiger partial charge in [-0.2, -0.15) is 0 Å². The van der Waals surface area contributed by atoms with Gasteiger partial charge in [0.15, 0.2) is 0 Å². The molecule has 3 rings (SSSR count). The van der Waals surface area contributed by atoms with Gasteiger partial charge in [-0.1, -0.05) is 54.1 Å². The number of aryl methyl sites for hydroxylation is 1. The molecule has 3 N–H and O–H groups in total. The predicted octanol–water partition coefficient (Wildman–Crippen LogP) is 3.06. The van der Waals surface area contributed by atoms with E-state index in [1.54, 1.807) is 0 Å². The zero-order valence-electron chi connectivity index (χ0n) is 14.5. The van der Waals surface area contributed by atoms with Crippen molar-refractivity contribution >= 4 is 29.9 Å². The van der Waals surface area contributed by atoms with Crippen molar-refractivity contribution in [3.63, 3.8) is 0 Å². The molecule has 1 aliphatic heterocycles. The van der Waals surface area contributed by atoms with Crippen LogP contribution >= 0.6 is 24.0 Å². The number of rotatable bonds is 5. The summed E-state index contributed by atoms with van der Waals surface area (Å²) in [6.07, 6.45) is 0.959. The lowest BCUT2D eigenvalue weighted by Crippen LogP contribution is -2.61. The van der Waals surface area contributed by atoms with Crippen LogP contribution in [0.15, 0.2) is 54.6 Å². The number of nitrogens with one attached hydrogen (secondary N) is 2. The van der Waals surface area contributed by atoms with Crippen LogP contribution in [0.4, 0.5) is 0 Å². The summed E-state index contributed by atoms with van der Waals surface area (Å²) in [4.78, 5) is 12.6. The molecule has 2 aromatic rings. The quantitative estimate of drug-likeness (QED) is 0.729. The Morgan fingerprint density at radius 1 is 1.23 bits per heavy atom. The number of benzene rings is 2. The fraction of sp³-hybridized carbons (Fsp3) is 0.350. The van der Waals surface area contributed by atoms with E-state index in [-0.39, 0.29) is 18.3 Å². The van der Waals surface area contributed by atoms with Gasteiger partial charge in [0, 0.05) is 18.0 Å². The summed E-state index contributed by atoms with van der Waals surface area (Å²) in [6, 6.07) is 17.3. The molecular weight excluding hydrogens is 371 g/mol. The molecule has 6 heteroatoms. The second kappa shape index (κ2) is 9.38. The van der Waals surface area contributed by atoms with Crippen LogP contribution in [-0.2, 0) is 16.8 Å². The lowest BCUT2D eigenvalue weighted by Gasteiger charge is -2.43. The second-order valence-corrected chi connectivity index (χ2v) is 6.92. The van der Waals surface area contributed by atoms with Gasteiger partial charge in [0.05, 0.1) is 11.6 Å². The number of hydrogen-bond donors (Lipinski definition) is 3. The van der Waals surface area contributed by atoms with Crippen molar-refractivity contribution in [2.45, 2.75) is 30.9 Å². The molecule has 0 unspecified atom stereocenters. The normalized spacial score (nSPS) is 22.3. The average Bonchev–Trinajstić information content (AvgIpc) is 2.63. The Morgan fingerprint density at radius 3 is 2.69 bits per heavy atom. The molecule has 1 aliphatic rings. The Bertz CT molecular complexity index is 727. The molecule has 0 bridgehead atoms. The van der Waals surface area contributed by atoms with Crippen LogP contribution in [0.1, 0.15) is 24.0 Å². The van der Waals surface area contributed by atoms with Gasteiger partial charge in [0.2, 0.25) is 5.91 Å². The van der Waals surface area contributed by atoms with Crippen molar-refractivity contribution < 1.29 is 9.90 Å². The molecule has 0 aliphatic carbocycles. The SMILES string of the molecule is Cl.O=C(CCc1cccc(Cl)c1)N[C@]1(c2ccccc2)CCNC[C@H]1O. The molecule has 2 aromatic carbocycles. The van der Waals surface area contributed by atoms with Gasteiger partial charge in [0.25, 0.3) is 0 Å². The van der Waals surface area contributed by atoms with Gasteiger partial charge in [-0.25, -0.2) is 0 Å². The minimum atomic E-state index is -0.738. The highest BCUT2D eigenvalue weighted by molar-refractivity contribution is 6.30. The number of amides is 1. The standard InChI is InChI=1S/C20H23ClN2O2.ClH/c21-17-8-4-5-15(13-17)9-10-19(25)23-20(11-12-22-14-18(20)24)16-6-2-1-3-7-16;/h1-8,13,18,22,24H,9-12,14H2,(H,23,25);1H/t18-,20+;/m1./s1. The van der Waals surface area contributed by atoms with E-state index in [4.69, 9.17) is 11.6 Å². The molecule has 140 valence electrons. The average molecular weight is 395 g/mol. The second-order valence-electron chi connectivity index (χ2n) is 6.49. The first-order chi connectivity index (χ1) is 12.1. The van der Waals surface area contributed by atoms with E-state index < -0.39 is 11.6 Å². The van der Waals surface area contributed by atoms with E-state index >= 15 is 0 Å². The van der Waals surface area contributed by atoms with Crippen LogP contribution in [0.3, 0.4) is 0 Å². The first kappa shape index (κ1) is 20.7. The molecule has 1 amide bonds. The van der Waals surface area contributed by atoms with Crippen molar-refractivity contribution in [2.75, 3.05) is 13.1 Å².